The SMILES string of the molecule is CCC(C)N1CC(O)CCC1C. The van der Waals surface area contributed by atoms with Gasteiger partial charge in [0.2, 0.25) is 0 Å². The predicted molar refractivity (Wildman–Crippen MR) is 51.2 cm³/mol. The zero-order valence-corrected chi connectivity index (χ0v) is 8.45. The summed E-state index contributed by atoms with van der Waals surface area (Å²) < 4.78 is 0. The minimum atomic E-state index is -0.0878. The predicted octanol–water partition coefficient (Wildman–Crippen LogP) is 1.63. The number of nitrogens with zero attached hydrogens (tertiary/aromatic N) is 1. The Hall–Kier alpha value is -0.0800. The monoisotopic (exact) mass is 171 g/mol. The molecule has 1 N–H and O–H groups in total. The molecule has 1 aliphatic heterocycles. The number of rotatable bonds is 2. The largest absolute Gasteiger partial charge is 0.392 e. The first kappa shape index (κ1) is 10.0. The van der Waals surface area contributed by atoms with Gasteiger partial charge in [-0.05, 0) is 33.1 Å². The molecular weight excluding hydrogens is 150 g/mol. The van der Waals surface area contributed by atoms with Gasteiger partial charge >= 0.3 is 0 Å². The summed E-state index contributed by atoms with van der Waals surface area (Å²) >= 11 is 0. The third-order valence-electron chi connectivity index (χ3n) is 3.06. The van der Waals surface area contributed by atoms with E-state index < -0.39 is 0 Å². The maximum atomic E-state index is 9.50. The van der Waals surface area contributed by atoms with Gasteiger partial charge in [-0.1, -0.05) is 6.92 Å². The second-order valence-electron chi connectivity index (χ2n) is 4.03. The number of piperidine rings is 1. The van der Waals surface area contributed by atoms with Crippen LogP contribution in [0.5, 0.6) is 0 Å². The zero-order chi connectivity index (χ0) is 9.14. The van der Waals surface area contributed by atoms with Crippen LogP contribution >= 0.6 is 0 Å². The van der Waals surface area contributed by atoms with Crippen molar-refractivity contribution in [2.75, 3.05) is 6.54 Å². The van der Waals surface area contributed by atoms with E-state index in [4.69, 9.17) is 0 Å². The first-order valence-corrected chi connectivity index (χ1v) is 5.09. The summed E-state index contributed by atoms with van der Waals surface area (Å²) in [5, 5.41) is 9.50. The molecule has 0 aliphatic carbocycles. The summed E-state index contributed by atoms with van der Waals surface area (Å²) in [7, 11) is 0. The lowest BCUT2D eigenvalue weighted by Crippen LogP contribution is -2.48. The average molecular weight is 171 g/mol. The lowest BCUT2D eigenvalue weighted by atomic mass is 9.99. The van der Waals surface area contributed by atoms with Gasteiger partial charge in [0.15, 0.2) is 0 Å². The van der Waals surface area contributed by atoms with Crippen molar-refractivity contribution in [2.45, 2.75) is 58.2 Å². The Kier molecular flexibility index (Phi) is 3.53. The van der Waals surface area contributed by atoms with Crippen LogP contribution in [0.2, 0.25) is 0 Å². The van der Waals surface area contributed by atoms with Crippen LogP contribution in [0.3, 0.4) is 0 Å². The van der Waals surface area contributed by atoms with Gasteiger partial charge in [-0.2, -0.15) is 0 Å². The Bertz CT molecular complexity index is 134. The summed E-state index contributed by atoms with van der Waals surface area (Å²) in [5.74, 6) is 0. The van der Waals surface area contributed by atoms with Crippen molar-refractivity contribution in [3.8, 4) is 0 Å². The molecule has 72 valence electrons. The fourth-order valence-electron chi connectivity index (χ4n) is 1.96. The van der Waals surface area contributed by atoms with Crippen LogP contribution in [0.25, 0.3) is 0 Å². The molecule has 0 saturated carbocycles. The molecule has 0 spiro atoms. The highest BCUT2D eigenvalue weighted by molar-refractivity contribution is 4.81. The van der Waals surface area contributed by atoms with Gasteiger partial charge in [-0.3, -0.25) is 4.90 Å². The fourth-order valence-corrected chi connectivity index (χ4v) is 1.96. The average Bonchev–Trinajstić information content (AvgIpc) is 2.08. The van der Waals surface area contributed by atoms with E-state index >= 15 is 0 Å². The summed E-state index contributed by atoms with van der Waals surface area (Å²) in [6, 6.07) is 1.28. The maximum absolute atomic E-state index is 9.50. The summed E-state index contributed by atoms with van der Waals surface area (Å²) in [5.41, 5.74) is 0. The Morgan fingerprint density at radius 1 is 1.50 bits per heavy atom. The van der Waals surface area contributed by atoms with E-state index in [-0.39, 0.29) is 6.10 Å². The molecule has 0 bridgehead atoms. The number of hydrogen-bond acceptors (Lipinski definition) is 2. The Morgan fingerprint density at radius 3 is 2.75 bits per heavy atom. The quantitative estimate of drug-likeness (QED) is 0.682. The second kappa shape index (κ2) is 4.24. The van der Waals surface area contributed by atoms with E-state index in [1.165, 1.54) is 6.42 Å². The third-order valence-corrected chi connectivity index (χ3v) is 3.06. The van der Waals surface area contributed by atoms with Crippen molar-refractivity contribution in [3.05, 3.63) is 0 Å². The molecule has 0 aromatic rings. The van der Waals surface area contributed by atoms with Crippen LogP contribution in [0, 0.1) is 0 Å². The lowest BCUT2D eigenvalue weighted by Gasteiger charge is -2.39. The Balaban J connectivity index is 2.48. The summed E-state index contributed by atoms with van der Waals surface area (Å²) in [6.07, 6.45) is 3.21. The van der Waals surface area contributed by atoms with E-state index in [0.29, 0.717) is 12.1 Å². The van der Waals surface area contributed by atoms with E-state index in [9.17, 15) is 5.11 Å². The molecule has 1 rings (SSSR count). The van der Waals surface area contributed by atoms with Gasteiger partial charge in [0.25, 0.3) is 0 Å². The minimum Gasteiger partial charge on any atom is -0.392 e. The Labute approximate surface area is 75.6 Å². The van der Waals surface area contributed by atoms with Gasteiger partial charge in [0, 0.05) is 18.6 Å². The van der Waals surface area contributed by atoms with Crippen molar-refractivity contribution in [2.24, 2.45) is 0 Å². The molecule has 0 radical (unpaired) electrons. The topological polar surface area (TPSA) is 23.5 Å². The first-order chi connectivity index (χ1) is 5.65. The van der Waals surface area contributed by atoms with Crippen LogP contribution < -0.4 is 0 Å². The van der Waals surface area contributed by atoms with E-state index in [1.807, 2.05) is 0 Å². The molecule has 1 saturated heterocycles. The van der Waals surface area contributed by atoms with Crippen LogP contribution in [0.1, 0.15) is 40.0 Å². The molecule has 1 heterocycles. The van der Waals surface area contributed by atoms with Crippen LogP contribution in [0.15, 0.2) is 0 Å². The Morgan fingerprint density at radius 2 is 2.17 bits per heavy atom. The van der Waals surface area contributed by atoms with E-state index in [0.717, 1.165) is 19.4 Å². The van der Waals surface area contributed by atoms with Crippen LogP contribution in [-0.4, -0.2) is 34.7 Å². The standard InChI is InChI=1S/C10H21NO/c1-4-8(2)11-7-10(12)6-5-9(11)3/h8-10,12H,4-7H2,1-3H3. The van der Waals surface area contributed by atoms with Gasteiger partial charge in [-0.15, -0.1) is 0 Å². The van der Waals surface area contributed by atoms with E-state index in [2.05, 4.69) is 25.7 Å². The highest BCUT2D eigenvalue weighted by Crippen LogP contribution is 2.20. The van der Waals surface area contributed by atoms with Gasteiger partial charge in [0.1, 0.15) is 0 Å². The lowest BCUT2D eigenvalue weighted by molar-refractivity contribution is 0.0182. The van der Waals surface area contributed by atoms with Crippen molar-refractivity contribution in [1.82, 2.24) is 4.90 Å². The highest BCUT2D eigenvalue weighted by atomic mass is 16.3. The third kappa shape index (κ3) is 2.20. The van der Waals surface area contributed by atoms with Gasteiger partial charge < -0.3 is 5.11 Å². The number of aliphatic hydroxyl groups excluding tert-OH is 1. The van der Waals surface area contributed by atoms with Crippen LogP contribution in [-0.2, 0) is 0 Å². The highest BCUT2D eigenvalue weighted by Gasteiger charge is 2.26. The number of hydrogen-bond donors (Lipinski definition) is 1. The molecule has 2 heteroatoms. The van der Waals surface area contributed by atoms with Crippen molar-refractivity contribution in [1.29, 1.82) is 0 Å². The summed E-state index contributed by atoms with van der Waals surface area (Å²) in [6.45, 7) is 7.58. The molecule has 12 heavy (non-hydrogen) atoms. The molecule has 1 fully saturated rings. The summed E-state index contributed by atoms with van der Waals surface area (Å²) in [4.78, 5) is 2.42. The van der Waals surface area contributed by atoms with Crippen LogP contribution in [0.4, 0.5) is 0 Å². The second-order valence-corrected chi connectivity index (χ2v) is 4.03. The fraction of sp³-hybridized carbons (Fsp3) is 1.00. The molecular formula is C10H21NO. The van der Waals surface area contributed by atoms with Crippen molar-refractivity contribution < 1.29 is 5.11 Å². The molecule has 1 aliphatic rings. The molecule has 3 unspecified atom stereocenters. The molecule has 0 aromatic carbocycles. The van der Waals surface area contributed by atoms with Crippen molar-refractivity contribution in [3.63, 3.8) is 0 Å². The van der Waals surface area contributed by atoms with Gasteiger partial charge in [-0.25, -0.2) is 0 Å². The minimum absolute atomic E-state index is 0.0878. The molecule has 0 amide bonds. The smallest absolute Gasteiger partial charge is 0.0667 e. The normalized spacial score (nSPS) is 35.0. The maximum Gasteiger partial charge on any atom is 0.0667 e. The molecule has 2 nitrogen and oxygen atoms in total. The number of aliphatic hydroxyl groups is 1. The first-order valence-electron chi connectivity index (χ1n) is 5.09. The van der Waals surface area contributed by atoms with Gasteiger partial charge in [0.05, 0.1) is 6.10 Å². The zero-order valence-electron chi connectivity index (χ0n) is 8.45. The number of β-amino-alcohol motifs (C(OH)–C–C–N with tert-alkyl or cyclic N) is 1. The molecule has 3 atom stereocenters. The van der Waals surface area contributed by atoms with E-state index in [1.54, 1.807) is 0 Å². The van der Waals surface area contributed by atoms with Crippen molar-refractivity contribution >= 4 is 0 Å². The number of likely N-dealkylation sites (tertiary alicyclic amines) is 1. The molecule has 0 aromatic heterocycles.